The van der Waals surface area contributed by atoms with Gasteiger partial charge in [-0.05, 0) is 18.2 Å². The fraction of sp³-hybridized carbons (Fsp3) is 0. The Labute approximate surface area is 89.5 Å². The van der Waals surface area contributed by atoms with Gasteiger partial charge in [0.25, 0.3) is 0 Å². The largest absolute Gasteiger partial charge is 0.464 e. The van der Waals surface area contributed by atoms with Gasteiger partial charge in [0.15, 0.2) is 6.29 Å². The van der Waals surface area contributed by atoms with Gasteiger partial charge in [-0.1, -0.05) is 15.9 Å². The summed E-state index contributed by atoms with van der Waals surface area (Å²) in [5, 5.41) is 0.937. The molecule has 2 aromatic rings. The molecule has 0 fully saturated rings. The fourth-order valence-electron chi connectivity index (χ4n) is 1.16. The van der Waals surface area contributed by atoms with E-state index in [1.165, 1.54) is 0 Å². The molecule has 0 aliphatic heterocycles. The number of carbonyl (C=O) groups excluding carboxylic acids is 1. The van der Waals surface area contributed by atoms with E-state index in [-0.39, 0.29) is 12.4 Å². The molecule has 0 spiro atoms. The summed E-state index contributed by atoms with van der Waals surface area (Å²) >= 11 is 3.31. The SMILES string of the molecule is Cl.O=Cc1cc(Br)cc2ccoc12. The lowest BCUT2D eigenvalue weighted by Crippen LogP contribution is -1.79. The molecular weight excluding hydrogens is 255 g/mol. The lowest BCUT2D eigenvalue weighted by molar-refractivity contribution is 0.112. The first-order valence-corrected chi connectivity index (χ1v) is 4.22. The summed E-state index contributed by atoms with van der Waals surface area (Å²) in [7, 11) is 0. The third kappa shape index (κ3) is 1.76. The Morgan fingerprint density at radius 2 is 2.15 bits per heavy atom. The molecule has 2 rings (SSSR count). The van der Waals surface area contributed by atoms with Gasteiger partial charge in [0.2, 0.25) is 0 Å². The van der Waals surface area contributed by atoms with Gasteiger partial charge < -0.3 is 4.42 Å². The van der Waals surface area contributed by atoms with E-state index in [0.717, 1.165) is 16.1 Å². The Morgan fingerprint density at radius 1 is 1.38 bits per heavy atom. The van der Waals surface area contributed by atoms with Gasteiger partial charge in [0.05, 0.1) is 11.8 Å². The zero-order chi connectivity index (χ0) is 8.55. The highest BCUT2D eigenvalue weighted by Crippen LogP contribution is 2.23. The smallest absolute Gasteiger partial charge is 0.153 e. The van der Waals surface area contributed by atoms with Crippen molar-refractivity contribution < 1.29 is 9.21 Å². The van der Waals surface area contributed by atoms with Crippen LogP contribution in [0, 0.1) is 0 Å². The number of benzene rings is 1. The Kier molecular flexibility index (Phi) is 3.12. The quantitative estimate of drug-likeness (QED) is 0.736. The van der Waals surface area contributed by atoms with Crippen LogP contribution in [-0.2, 0) is 0 Å². The first-order valence-electron chi connectivity index (χ1n) is 3.43. The summed E-state index contributed by atoms with van der Waals surface area (Å²) < 4.78 is 6.03. The molecule has 0 aliphatic rings. The Balaban J connectivity index is 0.000000845. The molecule has 0 saturated carbocycles. The van der Waals surface area contributed by atoms with E-state index < -0.39 is 0 Å². The van der Waals surface area contributed by atoms with E-state index in [0.29, 0.717) is 11.1 Å². The molecule has 4 heteroatoms. The normalized spacial score (nSPS) is 9.62. The minimum atomic E-state index is 0. The predicted molar refractivity (Wildman–Crippen MR) is 56.5 cm³/mol. The zero-order valence-electron chi connectivity index (χ0n) is 6.49. The lowest BCUT2D eigenvalue weighted by Gasteiger charge is -1.94. The molecule has 0 radical (unpaired) electrons. The van der Waals surface area contributed by atoms with Crippen LogP contribution in [-0.4, -0.2) is 6.29 Å². The number of furan rings is 1. The van der Waals surface area contributed by atoms with Gasteiger partial charge in [-0.15, -0.1) is 12.4 Å². The molecule has 1 aromatic heterocycles. The topological polar surface area (TPSA) is 30.2 Å². The van der Waals surface area contributed by atoms with Gasteiger partial charge in [-0.25, -0.2) is 0 Å². The van der Waals surface area contributed by atoms with Crippen molar-refractivity contribution in [1.82, 2.24) is 0 Å². The molecule has 0 bridgehead atoms. The molecular formula is C9H6BrClO2. The summed E-state index contributed by atoms with van der Waals surface area (Å²) in [6.07, 6.45) is 2.36. The van der Waals surface area contributed by atoms with Gasteiger partial charge in [0, 0.05) is 9.86 Å². The maximum Gasteiger partial charge on any atom is 0.153 e. The fourth-order valence-corrected chi connectivity index (χ4v) is 1.65. The predicted octanol–water partition coefficient (Wildman–Crippen LogP) is 3.43. The highest BCUT2D eigenvalue weighted by molar-refractivity contribution is 9.10. The molecule has 68 valence electrons. The second-order valence-electron chi connectivity index (χ2n) is 2.45. The van der Waals surface area contributed by atoms with Crippen LogP contribution in [0.1, 0.15) is 10.4 Å². The number of halogens is 2. The standard InChI is InChI=1S/C9H5BrO2.ClH/c10-8-3-6-1-2-12-9(6)7(4-8)5-11;/h1-5H;1H. The van der Waals surface area contributed by atoms with E-state index in [1.54, 1.807) is 12.3 Å². The average Bonchev–Trinajstić information content (AvgIpc) is 2.50. The van der Waals surface area contributed by atoms with Crippen molar-refractivity contribution in [2.24, 2.45) is 0 Å². The highest BCUT2D eigenvalue weighted by atomic mass is 79.9. The Morgan fingerprint density at radius 3 is 2.85 bits per heavy atom. The molecule has 1 heterocycles. The van der Waals surface area contributed by atoms with Crippen LogP contribution >= 0.6 is 28.3 Å². The van der Waals surface area contributed by atoms with Crippen LogP contribution in [0.5, 0.6) is 0 Å². The first-order chi connectivity index (χ1) is 5.81. The number of rotatable bonds is 1. The highest BCUT2D eigenvalue weighted by Gasteiger charge is 2.04. The molecule has 0 unspecified atom stereocenters. The number of aldehydes is 1. The van der Waals surface area contributed by atoms with E-state index in [2.05, 4.69) is 15.9 Å². The molecule has 0 atom stereocenters. The number of fused-ring (bicyclic) bond motifs is 1. The van der Waals surface area contributed by atoms with Crippen LogP contribution in [0.4, 0.5) is 0 Å². The molecule has 0 saturated heterocycles. The molecule has 0 N–H and O–H groups in total. The minimum Gasteiger partial charge on any atom is -0.464 e. The summed E-state index contributed by atoms with van der Waals surface area (Å²) in [5.41, 5.74) is 1.22. The van der Waals surface area contributed by atoms with Crippen molar-refractivity contribution in [3.05, 3.63) is 34.5 Å². The van der Waals surface area contributed by atoms with Crippen molar-refractivity contribution in [3.63, 3.8) is 0 Å². The van der Waals surface area contributed by atoms with Gasteiger partial charge in [-0.2, -0.15) is 0 Å². The molecule has 2 nitrogen and oxygen atoms in total. The Bertz CT molecular complexity index is 436. The van der Waals surface area contributed by atoms with Crippen molar-refractivity contribution in [1.29, 1.82) is 0 Å². The molecule has 13 heavy (non-hydrogen) atoms. The Hall–Kier alpha value is -0.800. The average molecular weight is 262 g/mol. The van der Waals surface area contributed by atoms with E-state index in [4.69, 9.17) is 4.42 Å². The van der Waals surface area contributed by atoms with Crippen LogP contribution < -0.4 is 0 Å². The number of hydrogen-bond donors (Lipinski definition) is 0. The van der Waals surface area contributed by atoms with Gasteiger partial charge >= 0.3 is 0 Å². The zero-order valence-corrected chi connectivity index (χ0v) is 8.89. The van der Waals surface area contributed by atoms with Crippen LogP contribution in [0.3, 0.4) is 0 Å². The maximum atomic E-state index is 10.6. The van der Waals surface area contributed by atoms with Crippen LogP contribution in [0.25, 0.3) is 11.0 Å². The van der Waals surface area contributed by atoms with Crippen molar-refractivity contribution in [3.8, 4) is 0 Å². The van der Waals surface area contributed by atoms with Crippen molar-refractivity contribution >= 4 is 45.6 Å². The first kappa shape index (κ1) is 10.3. The summed E-state index contributed by atoms with van der Waals surface area (Å²) in [6.45, 7) is 0. The second-order valence-corrected chi connectivity index (χ2v) is 3.37. The summed E-state index contributed by atoms with van der Waals surface area (Å²) in [4.78, 5) is 10.6. The monoisotopic (exact) mass is 260 g/mol. The van der Waals surface area contributed by atoms with Crippen molar-refractivity contribution in [2.75, 3.05) is 0 Å². The lowest BCUT2D eigenvalue weighted by atomic mass is 10.2. The number of carbonyl (C=O) groups is 1. The maximum absolute atomic E-state index is 10.6. The number of hydrogen-bond acceptors (Lipinski definition) is 2. The van der Waals surface area contributed by atoms with Crippen LogP contribution in [0.15, 0.2) is 33.4 Å². The second kappa shape index (κ2) is 3.94. The van der Waals surface area contributed by atoms with E-state index >= 15 is 0 Å². The van der Waals surface area contributed by atoms with E-state index in [1.807, 2.05) is 12.1 Å². The van der Waals surface area contributed by atoms with Crippen LogP contribution in [0.2, 0.25) is 0 Å². The van der Waals surface area contributed by atoms with Crippen molar-refractivity contribution in [2.45, 2.75) is 0 Å². The third-order valence-electron chi connectivity index (χ3n) is 1.67. The van der Waals surface area contributed by atoms with Gasteiger partial charge in [0.1, 0.15) is 5.58 Å². The molecule has 0 aliphatic carbocycles. The third-order valence-corrected chi connectivity index (χ3v) is 2.13. The molecule has 1 aromatic carbocycles. The molecule has 0 amide bonds. The minimum absolute atomic E-state index is 0. The van der Waals surface area contributed by atoms with Gasteiger partial charge in [-0.3, -0.25) is 4.79 Å². The summed E-state index contributed by atoms with van der Waals surface area (Å²) in [6, 6.07) is 5.47. The summed E-state index contributed by atoms with van der Waals surface area (Å²) in [5.74, 6) is 0. The van der Waals surface area contributed by atoms with E-state index in [9.17, 15) is 4.79 Å².